The van der Waals surface area contributed by atoms with E-state index in [9.17, 15) is 9.90 Å². The zero-order valence-corrected chi connectivity index (χ0v) is 9.97. The third-order valence-electron chi connectivity index (χ3n) is 4.63. The predicted molar refractivity (Wildman–Crippen MR) is 62.6 cm³/mol. The maximum absolute atomic E-state index is 12.1. The molecule has 1 aromatic heterocycles. The van der Waals surface area contributed by atoms with Crippen molar-refractivity contribution in [3.05, 3.63) is 18.2 Å². The van der Waals surface area contributed by atoms with E-state index in [1.54, 1.807) is 12.5 Å². The molecule has 0 aromatic carbocycles. The van der Waals surface area contributed by atoms with Crippen LogP contribution in [0.5, 0.6) is 0 Å². The van der Waals surface area contributed by atoms with Gasteiger partial charge in [-0.15, -0.1) is 0 Å². The number of aromatic amines is 1. The van der Waals surface area contributed by atoms with Gasteiger partial charge in [-0.2, -0.15) is 0 Å². The van der Waals surface area contributed by atoms with Crippen LogP contribution >= 0.6 is 0 Å². The van der Waals surface area contributed by atoms with E-state index in [2.05, 4.69) is 15.3 Å². The number of H-pyrrole nitrogens is 1. The van der Waals surface area contributed by atoms with Crippen molar-refractivity contribution in [2.75, 3.05) is 6.54 Å². The Kier molecular flexibility index (Phi) is 1.95. The Balaban J connectivity index is 1.65. The lowest BCUT2D eigenvalue weighted by molar-refractivity contribution is -0.144. The molecule has 3 N–H and O–H groups in total. The summed E-state index contributed by atoms with van der Waals surface area (Å²) < 4.78 is 0. The number of aromatic nitrogens is 2. The minimum absolute atomic E-state index is 0.0693. The lowest BCUT2D eigenvalue weighted by atomic mass is 10.0. The lowest BCUT2D eigenvalue weighted by Gasteiger charge is -2.41. The first-order valence-electron chi connectivity index (χ1n) is 6.46. The Morgan fingerprint density at radius 2 is 2.44 bits per heavy atom. The lowest BCUT2D eigenvalue weighted by Crippen LogP contribution is -2.65. The highest BCUT2D eigenvalue weighted by Crippen LogP contribution is 2.55. The molecule has 3 heterocycles. The monoisotopic (exact) mass is 248 g/mol. The van der Waals surface area contributed by atoms with Gasteiger partial charge in [0.25, 0.3) is 0 Å². The molecule has 1 aliphatic carbocycles. The summed E-state index contributed by atoms with van der Waals surface area (Å²) >= 11 is 0. The van der Waals surface area contributed by atoms with Crippen molar-refractivity contribution in [2.45, 2.75) is 43.0 Å². The van der Waals surface area contributed by atoms with Gasteiger partial charge in [-0.05, 0) is 19.3 Å². The first-order chi connectivity index (χ1) is 8.72. The van der Waals surface area contributed by atoms with Crippen molar-refractivity contribution in [1.29, 1.82) is 0 Å². The molecule has 2 saturated heterocycles. The highest BCUT2D eigenvalue weighted by Gasteiger charge is 2.66. The van der Waals surface area contributed by atoms with Gasteiger partial charge in [0.15, 0.2) is 0 Å². The van der Waals surface area contributed by atoms with E-state index >= 15 is 0 Å². The number of fused-ring (bicyclic) bond motifs is 1. The van der Waals surface area contributed by atoms with E-state index in [-0.39, 0.29) is 17.9 Å². The fourth-order valence-electron chi connectivity index (χ4n) is 3.58. The van der Waals surface area contributed by atoms with E-state index in [1.807, 2.05) is 4.90 Å². The number of hydrogen-bond donors (Lipinski definition) is 3. The van der Waals surface area contributed by atoms with Crippen LogP contribution in [0.1, 0.15) is 30.9 Å². The smallest absolute Gasteiger partial charge is 0.238 e. The second kappa shape index (κ2) is 3.33. The second-order valence-electron chi connectivity index (χ2n) is 5.56. The Morgan fingerprint density at radius 1 is 1.56 bits per heavy atom. The zero-order chi connectivity index (χ0) is 12.3. The number of nitrogens with one attached hydrogen (secondary N) is 2. The quantitative estimate of drug-likeness (QED) is 0.628. The summed E-state index contributed by atoms with van der Waals surface area (Å²) in [7, 11) is 0. The number of rotatable bonds is 1. The average molecular weight is 248 g/mol. The van der Waals surface area contributed by atoms with Crippen molar-refractivity contribution in [3.8, 4) is 0 Å². The first-order valence-corrected chi connectivity index (χ1v) is 6.46. The Morgan fingerprint density at radius 3 is 3.22 bits per heavy atom. The van der Waals surface area contributed by atoms with Crippen molar-refractivity contribution < 1.29 is 9.90 Å². The second-order valence-corrected chi connectivity index (χ2v) is 5.56. The zero-order valence-electron chi connectivity index (χ0n) is 9.97. The highest BCUT2D eigenvalue weighted by molar-refractivity contribution is 5.85. The summed E-state index contributed by atoms with van der Waals surface area (Å²) in [5, 5.41) is 13.6. The summed E-state index contributed by atoms with van der Waals surface area (Å²) in [6.07, 6.45) is 5.46. The van der Waals surface area contributed by atoms with E-state index in [0.29, 0.717) is 0 Å². The van der Waals surface area contributed by atoms with Crippen LogP contribution in [0.25, 0.3) is 0 Å². The van der Waals surface area contributed by atoms with Crippen LogP contribution < -0.4 is 5.32 Å². The number of carbonyl (C=O) groups is 1. The third-order valence-corrected chi connectivity index (χ3v) is 4.63. The van der Waals surface area contributed by atoms with Gasteiger partial charge in [-0.1, -0.05) is 0 Å². The molecule has 1 saturated carbocycles. The average Bonchev–Trinajstić information content (AvgIpc) is 2.81. The van der Waals surface area contributed by atoms with Crippen LogP contribution in [0.15, 0.2) is 12.5 Å². The van der Waals surface area contributed by atoms with E-state index < -0.39 is 11.8 Å². The van der Waals surface area contributed by atoms with Crippen LogP contribution in [0.2, 0.25) is 0 Å². The molecule has 2 aliphatic heterocycles. The number of hydrogen-bond acceptors (Lipinski definition) is 4. The molecule has 3 fully saturated rings. The molecule has 18 heavy (non-hydrogen) atoms. The van der Waals surface area contributed by atoms with E-state index in [4.69, 9.17) is 0 Å². The largest absolute Gasteiger partial charge is 0.376 e. The van der Waals surface area contributed by atoms with Gasteiger partial charge in [0.1, 0.15) is 6.23 Å². The van der Waals surface area contributed by atoms with E-state index in [1.165, 1.54) is 0 Å². The van der Waals surface area contributed by atoms with Crippen LogP contribution in [0.4, 0.5) is 0 Å². The number of aliphatic hydroxyl groups excluding tert-OH is 1. The van der Waals surface area contributed by atoms with Gasteiger partial charge in [0.2, 0.25) is 5.91 Å². The number of aliphatic hydroxyl groups is 1. The summed E-state index contributed by atoms with van der Waals surface area (Å²) in [6.45, 7) is 0.816. The van der Waals surface area contributed by atoms with Crippen molar-refractivity contribution in [3.63, 3.8) is 0 Å². The predicted octanol–water partition coefficient (Wildman–Crippen LogP) is -0.452. The number of amides is 1. The van der Waals surface area contributed by atoms with Gasteiger partial charge in [-0.3, -0.25) is 9.69 Å². The van der Waals surface area contributed by atoms with Gasteiger partial charge in [0.05, 0.1) is 17.9 Å². The van der Waals surface area contributed by atoms with Crippen LogP contribution in [-0.4, -0.2) is 50.2 Å². The molecule has 1 aromatic rings. The molecule has 1 amide bonds. The summed E-state index contributed by atoms with van der Waals surface area (Å²) in [4.78, 5) is 21.1. The fraction of sp³-hybridized carbons (Fsp3) is 0.667. The minimum atomic E-state index is -0.573. The normalized spacial score (nSPS) is 42.9. The van der Waals surface area contributed by atoms with Crippen molar-refractivity contribution in [1.82, 2.24) is 20.2 Å². The first kappa shape index (κ1) is 10.5. The van der Waals surface area contributed by atoms with Crippen LogP contribution in [0.3, 0.4) is 0 Å². The molecule has 3 aliphatic rings. The Bertz CT molecular complexity index is 488. The number of imidazole rings is 1. The number of piperazine rings is 1. The molecular formula is C12H16N4O2. The maximum atomic E-state index is 12.1. The van der Waals surface area contributed by atoms with Gasteiger partial charge >= 0.3 is 0 Å². The molecule has 1 spiro atoms. The van der Waals surface area contributed by atoms with Gasteiger partial charge in [-0.25, -0.2) is 4.98 Å². The molecule has 4 atom stereocenters. The molecule has 96 valence electrons. The minimum Gasteiger partial charge on any atom is -0.376 e. The standard InChI is InChI=1S/C12H16N4O2/c17-10-9-2-1-3-16(9)11(18)12(15-10)4-7(12)8-5-13-6-14-8/h5-7,9,11,18H,1-4H2,(H,13,14)(H,15,17)/t7-,9+,11?,12?/m1/s1. The van der Waals surface area contributed by atoms with Gasteiger partial charge in [0, 0.05) is 24.4 Å². The fourth-order valence-corrected chi connectivity index (χ4v) is 3.58. The highest BCUT2D eigenvalue weighted by atomic mass is 16.3. The third kappa shape index (κ3) is 1.19. The summed E-state index contributed by atoms with van der Waals surface area (Å²) in [5.41, 5.74) is 0.497. The molecule has 2 unspecified atom stereocenters. The van der Waals surface area contributed by atoms with Crippen LogP contribution in [0, 0.1) is 0 Å². The SMILES string of the molecule is O=C1NC2(C[C@@H]2c2cnc[nH]2)C(O)N2CCC[C@@H]12. The van der Waals surface area contributed by atoms with Crippen molar-refractivity contribution >= 4 is 5.91 Å². The van der Waals surface area contributed by atoms with Gasteiger partial charge < -0.3 is 15.4 Å². The van der Waals surface area contributed by atoms with Crippen molar-refractivity contribution in [2.24, 2.45) is 0 Å². The topological polar surface area (TPSA) is 81.2 Å². The Hall–Kier alpha value is -1.40. The maximum Gasteiger partial charge on any atom is 0.238 e. The Labute approximate surface area is 104 Å². The van der Waals surface area contributed by atoms with E-state index in [0.717, 1.165) is 31.5 Å². The van der Waals surface area contributed by atoms with Crippen LogP contribution in [-0.2, 0) is 4.79 Å². The molecule has 6 heteroatoms. The summed E-state index contributed by atoms with van der Waals surface area (Å²) in [5.74, 6) is 0.223. The molecule has 0 bridgehead atoms. The number of nitrogens with zero attached hydrogens (tertiary/aromatic N) is 2. The summed E-state index contributed by atoms with van der Waals surface area (Å²) in [6, 6.07) is -0.131. The molecule has 0 radical (unpaired) electrons. The molecule has 6 nitrogen and oxygen atoms in total. The molecular weight excluding hydrogens is 232 g/mol. The molecule has 4 rings (SSSR count). The number of carbonyl (C=O) groups excluding carboxylic acids is 1.